The van der Waals surface area contributed by atoms with Gasteiger partial charge in [-0.1, -0.05) is 0 Å². The van der Waals surface area contributed by atoms with Crippen molar-refractivity contribution in [3.8, 4) is 0 Å². The van der Waals surface area contributed by atoms with E-state index >= 15 is 0 Å². The van der Waals surface area contributed by atoms with Gasteiger partial charge in [0.2, 0.25) is 0 Å². The van der Waals surface area contributed by atoms with Gasteiger partial charge in [-0.3, -0.25) is 0 Å². The summed E-state index contributed by atoms with van der Waals surface area (Å²) in [6.45, 7) is 2.12. The average molecular weight is 312 g/mol. The molecule has 0 saturated heterocycles. The number of sulfone groups is 1. The molecular weight excluding hydrogens is 298 g/mol. The van der Waals surface area contributed by atoms with E-state index in [0.717, 1.165) is 9.35 Å². The van der Waals surface area contributed by atoms with Crippen molar-refractivity contribution in [3.63, 3.8) is 0 Å². The van der Waals surface area contributed by atoms with Crippen molar-refractivity contribution in [3.05, 3.63) is 20.8 Å². The maximum absolute atomic E-state index is 11.9. The largest absolute Gasteiger partial charge is 0.330 e. The summed E-state index contributed by atoms with van der Waals surface area (Å²) in [5.74, 6) is 0.104. The first-order valence-corrected chi connectivity index (χ1v) is 7.99. The van der Waals surface area contributed by atoms with Crippen LogP contribution in [0.4, 0.5) is 0 Å². The van der Waals surface area contributed by atoms with Crippen LogP contribution in [0.3, 0.4) is 0 Å². The molecule has 0 aliphatic carbocycles. The fourth-order valence-corrected chi connectivity index (χ4v) is 4.70. The molecule has 1 atom stereocenters. The van der Waals surface area contributed by atoms with E-state index in [1.165, 1.54) is 11.3 Å². The molecule has 1 rings (SSSR count). The Labute approximate surface area is 103 Å². The van der Waals surface area contributed by atoms with Crippen LogP contribution in [-0.2, 0) is 15.6 Å². The van der Waals surface area contributed by atoms with E-state index in [4.69, 9.17) is 5.73 Å². The fraction of sp³-hybridized carbons (Fsp3) is 0.556. The highest BCUT2D eigenvalue weighted by atomic mass is 79.9. The Morgan fingerprint density at radius 3 is 2.73 bits per heavy atom. The molecular formula is C9H14BrNO2S2. The predicted octanol–water partition coefficient (Wildman–Crippen LogP) is 2.16. The number of nitrogens with two attached hydrogens (primary N) is 1. The second kappa shape index (κ2) is 5.43. The highest BCUT2D eigenvalue weighted by Crippen LogP contribution is 2.26. The number of hydrogen-bond acceptors (Lipinski definition) is 4. The second-order valence-electron chi connectivity index (χ2n) is 3.39. The van der Waals surface area contributed by atoms with Crippen LogP contribution in [0.1, 0.15) is 18.2 Å². The molecule has 3 nitrogen and oxygen atoms in total. The Balaban J connectivity index is 2.77. The SMILES string of the molecule is CC(CCN)S(=O)(=O)Cc1sccc1Br. The third kappa shape index (κ3) is 3.55. The zero-order chi connectivity index (χ0) is 11.5. The zero-order valence-electron chi connectivity index (χ0n) is 8.44. The lowest BCUT2D eigenvalue weighted by Gasteiger charge is -2.10. The van der Waals surface area contributed by atoms with Crippen molar-refractivity contribution in [2.24, 2.45) is 5.73 Å². The van der Waals surface area contributed by atoms with Gasteiger partial charge in [-0.15, -0.1) is 11.3 Å². The van der Waals surface area contributed by atoms with Crippen molar-refractivity contribution in [1.82, 2.24) is 0 Å². The lowest BCUT2D eigenvalue weighted by atomic mass is 10.3. The quantitative estimate of drug-likeness (QED) is 0.906. The Kier molecular flexibility index (Phi) is 4.76. The topological polar surface area (TPSA) is 60.2 Å². The molecule has 0 aliphatic heterocycles. The number of hydrogen-bond donors (Lipinski definition) is 1. The molecule has 0 amide bonds. The molecule has 0 aliphatic rings. The average Bonchev–Trinajstić information content (AvgIpc) is 2.52. The van der Waals surface area contributed by atoms with Gasteiger partial charge in [-0.2, -0.15) is 0 Å². The molecule has 15 heavy (non-hydrogen) atoms. The third-order valence-corrected chi connectivity index (χ3v) is 6.47. The lowest BCUT2D eigenvalue weighted by molar-refractivity contribution is 0.577. The van der Waals surface area contributed by atoms with Crippen molar-refractivity contribution in [1.29, 1.82) is 0 Å². The van der Waals surface area contributed by atoms with Crippen LogP contribution in [0.5, 0.6) is 0 Å². The molecule has 6 heteroatoms. The fourth-order valence-electron chi connectivity index (χ4n) is 1.17. The Hall–Kier alpha value is 0.0900. The number of rotatable bonds is 5. The van der Waals surface area contributed by atoms with Gasteiger partial charge in [-0.25, -0.2) is 8.42 Å². The van der Waals surface area contributed by atoms with Crippen LogP contribution in [-0.4, -0.2) is 20.2 Å². The van der Waals surface area contributed by atoms with Gasteiger partial charge < -0.3 is 5.73 Å². The van der Waals surface area contributed by atoms with Crippen LogP contribution >= 0.6 is 27.3 Å². The molecule has 0 fully saturated rings. The molecule has 0 aromatic carbocycles. The first-order chi connectivity index (χ1) is 6.97. The maximum Gasteiger partial charge on any atom is 0.157 e. The number of halogens is 1. The monoisotopic (exact) mass is 311 g/mol. The van der Waals surface area contributed by atoms with Crippen molar-refractivity contribution < 1.29 is 8.42 Å². The standard InChI is InChI=1S/C9H14BrNO2S2/c1-7(2-4-11)15(12,13)6-9-8(10)3-5-14-9/h3,5,7H,2,4,6,11H2,1H3. The Bertz CT molecular complexity index is 414. The summed E-state index contributed by atoms with van der Waals surface area (Å²) in [6.07, 6.45) is 0.519. The molecule has 1 aromatic rings. The van der Waals surface area contributed by atoms with Crippen molar-refractivity contribution in [2.45, 2.75) is 24.3 Å². The summed E-state index contributed by atoms with van der Waals surface area (Å²) in [4.78, 5) is 0.860. The molecule has 0 radical (unpaired) electrons. The van der Waals surface area contributed by atoms with Gasteiger partial charge in [-0.05, 0) is 47.3 Å². The van der Waals surface area contributed by atoms with E-state index in [-0.39, 0.29) is 11.0 Å². The van der Waals surface area contributed by atoms with Crippen LogP contribution in [0.25, 0.3) is 0 Å². The van der Waals surface area contributed by atoms with E-state index in [1.54, 1.807) is 6.92 Å². The molecule has 2 N–H and O–H groups in total. The minimum atomic E-state index is -3.07. The molecule has 0 saturated carbocycles. The van der Waals surface area contributed by atoms with Crippen molar-refractivity contribution >= 4 is 37.1 Å². The van der Waals surface area contributed by atoms with Crippen LogP contribution in [0.15, 0.2) is 15.9 Å². The van der Waals surface area contributed by atoms with E-state index in [1.807, 2.05) is 11.4 Å². The molecule has 0 spiro atoms. The zero-order valence-corrected chi connectivity index (χ0v) is 11.7. The van der Waals surface area contributed by atoms with Crippen LogP contribution in [0.2, 0.25) is 0 Å². The normalized spacial score (nSPS) is 14.1. The van der Waals surface area contributed by atoms with Crippen LogP contribution in [0, 0.1) is 0 Å². The molecule has 0 bridgehead atoms. The number of thiophene rings is 1. The summed E-state index contributed by atoms with van der Waals surface area (Å²) >= 11 is 4.78. The van der Waals surface area contributed by atoms with Gasteiger partial charge in [0.25, 0.3) is 0 Å². The van der Waals surface area contributed by atoms with Gasteiger partial charge in [0, 0.05) is 9.35 Å². The predicted molar refractivity (Wildman–Crippen MR) is 67.8 cm³/mol. The van der Waals surface area contributed by atoms with Gasteiger partial charge >= 0.3 is 0 Å². The first kappa shape index (κ1) is 13.2. The Morgan fingerprint density at radius 1 is 1.60 bits per heavy atom. The minimum Gasteiger partial charge on any atom is -0.330 e. The highest BCUT2D eigenvalue weighted by molar-refractivity contribution is 9.10. The summed E-state index contributed by atoms with van der Waals surface area (Å²) in [5, 5.41) is 1.51. The van der Waals surface area contributed by atoms with E-state index in [2.05, 4.69) is 15.9 Å². The van der Waals surface area contributed by atoms with E-state index < -0.39 is 9.84 Å². The van der Waals surface area contributed by atoms with Gasteiger partial charge in [0.05, 0.1) is 11.0 Å². The highest BCUT2D eigenvalue weighted by Gasteiger charge is 2.22. The molecule has 1 unspecified atom stereocenters. The minimum absolute atomic E-state index is 0.104. The maximum atomic E-state index is 11.9. The van der Waals surface area contributed by atoms with Crippen LogP contribution < -0.4 is 5.73 Å². The Morgan fingerprint density at radius 2 is 2.27 bits per heavy atom. The molecule has 1 aromatic heterocycles. The van der Waals surface area contributed by atoms with E-state index in [0.29, 0.717) is 13.0 Å². The van der Waals surface area contributed by atoms with Gasteiger partial charge in [0.1, 0.15) is 0 Å². The third-order valence-electron chi connectivity index (χ3n) is 2.21. The lowest BCUT2D eigenvalue weighted by Crippen LogP contribution is -2.22. The van der Waals surface area contributed by atoms with Crippen molar-refractivity contribution in [2.75, 3.05) is 6.54 Å². The molecule has 86 valence electrons. The summed E-state index contributed by atoms with van der Waals surface area (Å²) < 4.78 is 24.6. The summed E-state index contributed by atoms with van der Waals surface area (Å²) in [6, 6.07) is 1.86. The summed E-state index contributed by atoms with van der Waals surface area (Å²) in [5.41, 5.74) is 5.36. The smallest absolute Gasteiger partial charge is 0.157 e. The summed E-state index contributed by atoms with van der Waals surface area (Å²) in [7, 11) is -3.07. The molecule has 1 heterocycles. The first-order valence-electron chi connectivity index (χ1n) is 4.61. The second-order valence-corrected chi connectivity index (χ2v) is 7.66. The van der Waals surface area contributed by atoms with Gasteiger partial charge in [0.15, 0.2) is 9.84 Å². The van der Waals surface area contributed by atoms with E-state index in [9.17, 15) is 8.42 Å².